The summed E-state index contributed by atoms with van der Waals surface area (Å²) < 4.78 is 0. The second-order valence-corrected chi connectivity index (χ2v) is 2.97. The van der Waals surface area contributed by atoms with Gasteiger partial charge >= 0.3 is 0 Å². The van der Waals surface area contributed by atoms with Gasteiger partial charge in [-0.15, -0.1) is 5.10 Å². The first-order chi connectivity index (χ1) is 4.83. The molecule has 0 aromatic carbocycles. The first-order valence-corrected chi connectivity index (χ1v) is 4.37. The number of aromatic nitrogens is 2. The van der Waals surface area contributed by atoms with Gasteiger partial charge in [-0.05, 0) is 12.1 Å². The smallest absolute Gasteiger partial charge is 0.151 e. The Labute approximate surface area is 72.7 Å². The summed E-state index contributed by atoms with van der Waals surface area (Å²) >= 11 is 8.83. The van der Waals surface area contributed by atoms with E-state index in [1.54, 1.807) is 6.07 Å². The van der Waals surface area contributed by atoms with E-state index in [2.05, 4.69) is 26.1 Å². The highest BCUT2D eigenvalue weighted by Gasteiger charge is 1.92. The van der Waals surface area contributed by atoms with Gasteiger partial charge in [-0.25, -0.2) is 0 Å². The van der Waals surface area contributed by atoms with Crippen LogP contribution in [0.2, 0.25) is 5.15 Å². The molecular weight excluding hydrogens is 215 g/mol. The van der Waals surface area contributed by atoms with Gasteiger partial charge in [-0.3, -0.25) is 0 Å². The summed E-state index contributed by atoms with van der Waals surface area (Å²) in [5.41, 5.74) is 0.960. The first-order valence-electron chi connectivity index (χ1n) is 2.87. The van der Waals surface area contributed by atoms with Gasteiger partial charge in [-0.1, -0.05) is 27.5 Å². The Morgan fingerprint density at radius 2 is 2.20 bits per heavy atom. The van der Waals surface area contributed by atoms with Crippen LogP contribution in [0.5, 0.6) is 0 Å². The molecule has 0 spiro atoms. The normalized spacial score (nSPS) is 9.80. The highest BCUT2D eigenvalue weighted by Crippen LogP contribution is 2.03. The van der Waals surface area contributed by atoms with Gasteiger partial charge in [-0.2, -0.15) is 5.10 Å². The summed E-state index contributed by atoms with van der Waals surface area (Å²) in [5.74, 6) is 0. The topological polar surface area (TPSA) is 25.8 Å². The van der Waals surface area contributed by atoms with Crippen LogP contribution in [0.15, 0.2) is 12.1 Å². The van der Waals surface area contributed by atoms with Crippen LogP contribution in [0.3, 0.4) is 0 Å². The van der Waals surface area contributed by atoms with Crippen LogP contribution in [0.1, 0.15) is 5.69 Å². The zero-order valence-electron chi connectivity index (χ0n) is 5.22. The van der Waals surface area contributed by atoms with E-state index in [9.17, 15) is 0 Å². The molecule has 0 N–H and O–H groups in total. The van der Waals surface area contributed by atoms with E-state index in [-0.39, 0.29) is 0 Å². The molecule has 0 aliphatic rings. The van der Waals surface area contributed by atoms with E-state index in [1.165, 1.54) is 0 Å². The van der Waals surface area contributed by atoms with Crippen LogP contribution < -0.4 is 0 Å². The molecule has 1 aromatic rings. The average Bonchev–Trinajstić information content (AvgIpc) is 1.95. The number of aryl methyl sites for hydroxylation is 1. The van der Waals surface area contributed by atoms with Gasteiger partial charge in [0.2, 0.25) is 0 Å². The van der Waals surface area contributed by atoms with Gasteiger partial charge in [0.15, 0.2) is 5.15 Å². The monoisotopic (exact) mass is 220 g/mol. The molecule has 1 rings (SSSR count). The van der Waals surface area contributed by atoms with E-state index in [1.807, 2.05) is 6.07 Å². The summed E-state index contributed by atoms with van der Waals surface area (Å²) in [6.07, 6.45) is 0.893. The minimum absolute atomic E-state index is 0.443. The summed E-state index contributed by atoms with van der Waals surface area (Å²) in [4.78, 5) is 0. The second-order valence-electron chi connectivity index (χ2n) is 1.79. The van der Waals surface area contributed by atoms with Crippen molar-refractivity contribution in [1.82, 2.24) is 10.2 Å². The molecular formula is C6H6BrClN2. The van der Waals surface area contributed by atoms with Crippen molar-refractivity contribution >= 4 is 27.5 Å². The van der Waals surface area contributed by atoms with Gasteiger partial charge in [0.05, 0.1) is 5.69 Å². The molecule has 0 unspecified atom stereocenters. The van der Waals surface area contributed by atoms with Crippen molar-refractivity contribution in [2.75, 3.05) is 5.33 Å². The molecule has 0 aliphatic carbocycles. The summed E-state index contributed by atoms with van der Waals surface area (Å²) in [7, 11) is 0. The van der Waals surface area contributed by atoms with Crippen molar-refractivity contribution < 1.29 is 0 Å². The number of hydrogen-bond donors (Lipinski definition) is 0. The van der Waals surface area contributed by atoms with Gasteiger partial charge < -0.3 is 0 Å². The van der Waals surface area contributed by atoms with E-state index >= 15 is 0 Å². The lowest BCUT2D eigenvalue weighted by Gasteiger charge is -1.93. The predicted octanol–water partition coefficient (Wildman–Crippen LogP) is 2.07. The molecule has 0 bridgehead atoms. The zero-order chi connectivity index (χ0) is 7.40. The van der Waals surface area contributed by atoms with Crippen LogP contribution in [-0.4, -0.2) is 15.5 Å². The minimum Gasteiger partial charge on any atom is -0.154 e. The number of alkyl halides is 1. The van der Waals surface area contributed by atoms with Crippen LogP contribution >= 0.6 is 27.5 Å². The molecule has 54 valence electrons. The van der Waals surface area contributed by atoms with Crippen molar-refractivity contribution in [1.29, 1.82) is 0 Å². The quantitative estimate of drug-likeness (QED) is 0.715. The van der Waals surface area contributed by atoms with E-state index < -0.39 is 0 Å². The third kappa shape index (κ3) is 2.23. The van der Waals surface area contributed by atoms with Crippen molar-refractivity contribution in [2.24, 2.45) is 0 Å². The minimum atomic E-state index is 0.443. The Morgan fingerprint density at radius 1 is 1.40 bits per heavy atom. The molecule has 0 fully saturated rings. The van der Waals surface area contributed by atoms with Crippen LogP contribution in [0.4, 0.5) is 0 Å². The predicted molar refractivity (Wildman–Crippen MR) is 44.5 cm³/mol. The molecule has 4 heteroatoms. The standard InChI is InChI=1S/C6H6BrClN2/c7-4-3-5-1-2-6(8)10-9-5/h1-2H,3-4H2. The highest BCUT2D eigenvalue weighted by molar-refractivity contribution is 9.09. The molecule has 2 nitrogen and oxygen atoms in total. The van der Waals surface area contributed by atoms with Crippen LogP contribution in [-0.2, 0) is 6.42 Å². The van der Waals surface area contributed by atoms with Crippen molar-refractivity contribution in [3.05, 3.63) is 23.0 Å². The van der Waals surface area contributed by atoms with Crippen LogP contribution in [0, 0.1) is 0 Å². The Kier molecular flexibility index (Phi) is 3.09. The number of halogens is 2. The second kappa shape index (κ2) is 3.88. The summed E-state index contributed by atoms with van der Waals surface area (Å²) in [5, 5.41) is 8.90. The summed E-state index contributed by atoms with van der Waals surface area (Å²) in [6.45, 7) is 0. The van der Waals surface area contributed by atoms with E-state index in [0.717, 1.165) is 17.4 Å². The molecule has 1 heterocycles. The first kappa shape index (κ1) is 7.95. The highest BCUT2D eigenvalue weighted by atomic mass is 79.9. The Bertz CT molecular complexity index is 199. The SMILES string of the molecule is Clc1ccc(CCBr)nn1. The fourth-order valence-electron chi connectivity index (χ4n) is 0.574. The lowest BCUT2D eigenvalue weighted by atomic mass is 10.3. The molecule has 0 saturated heterocycles. The molecule has 0 atom stereocenters. The molecule has 0 aliphatic heterocycles. The molecule has 0 saturated carbocycles. The molecule has 10 heavy (non-hydrogen) atoms. The van der Waals surface area contributed by atoms with Gasteiger partial charge in [0, 0.05) is 11.8 Å². The Morgan fingerprint density at radius 3 is 2.70 bits per heavy atom. The van der Waals surface area contributed by atoms with Gasteiger partial charge in [0.1, 0.15) is 0 Å². The van der Waals surface area contributed by atoms with Crippen molar-refractivity contribution in [2.45, 2.75) is 6.42 Å². The third-order valence-electron chi connectivity index (χ3n) is 1.04. The Balaban J connectivity index is 2.69. The van der Waals surface area contributed by atoms with Crippen molar-refractivity contribution in [3.63, 3.8) is 0 Å². The summed E-state index contributed by atoms with van der Waals surface area (Å²) in [6, 6.07) is 3.61. The van der Waals surface area contributed by atoms with Crippen LogP contribution in [0.25, 0.3) is 0 Å². The number of rotatable bonds is 2. The van der Waals surface area contributed by atoms with E-state index in [0.29, 0.717) is 5.15 Å². The Hall–Kier alpha value is -0.150. The average molecular weight is 221 g/mol. The largest absolute Gasteiger partial charge is 0.154 e. The third-order valence-corrected chi connectivity index (χ3v) is 1.64. The fraction of sp³-hybridized carbons (Fsp3) is 0.333. The maximum Gasteiger partial charge on any atom is 0.151 e. The van der Waals surface area contributed by atoms with Crippen molar-refractivity contribution in [3.8, 4) is 0 Å². The lowest BCUT2D eigenvalue weighted by molar-refractivity contribution is 0.927. The number of nitrogens with zero attached hydrogens (tertiary/aromatic N) is 2. The zero-order valence-corrected chi connectivity index (χ0v) is 7.56. The maximum absolute atomic E-state index is 5.53. The molecule has 0 amide bonds. The fourth-order valence-corrected chi connectivity index (χ4v) is 1.08. The number of hydrogen-bond acceptors (Lipinski definition) is 2. The molecule has 0 radical (unpaired) electrons. The molecule has 1 aromatic heterocycles. The van der Waals surface area contributed by atoms with E-state index in [4.69, 9.17) is 11.6 Å². The lowest BCUT2D eigenvalue weighted by Crippen LogP contribution is -1.92. The maximum atomic E-state index is 5.53. The van der Waals surface area contributed by atoms with Gasteiger partial charge in [0.25, 0.3) is 0 Å².